The molecule has 0 spiro atoms. The van der Waals surface area contributed by atoms with Crippen molar-refractivity contribution in [3.8, 4) is 0 Å². The second-order valence-corrected chi connectivity index (χ2v) is 6.58. The van der Waals surface area contributed by atoms with Crippen LogP contribution in [-0.2, 0) is 9.53 Å². The van der Waals surface area contributed by atoms with Crippen LogP contribution in [0.15, 0.2) is 18.5 Å². The summed E-state index contributed by atoms with van der Waals surface area (Å²) in [7, 11) is 0. The predicted molar refractivity (Wildman–Crippen MR) is 76.9 cm³/mol. The molecule has 2 amide bonds. The van der Waals surface area contributed by atoms with Crippen LogP contribution in [0.25, 0.3) is 0 Å². The van der Waals surface area contributed by atoms with E-state index in [1.807, 2.05) is 26.8 Å². The van der Waals surface area contributed by atoms with Gasteiger partial charge in [-0.2, -0.15) is 0 Å². The van der Waals surface area contributed by atoms with Crippen LogP contribution in [-0.4, -0.2) is 40.6 Å². The molecule has 3 heterocycles. The SMILES string of the molecule is CC(C)(C)OC(=O)N1CC(C2C(=O)Nc3cnccc32)C1. The monoisotopic (exact) mass is 289 g/mol. The third kappa shape index (κ3) is 2.57. The number of likely N-dealkylation sites (tertiary alicyclic amines) is 1. The van der Waals surface area contributed by atoms with Crippen LogP contribution in [0.2, 0.25) is 0 Å². The first kappa shape index (κ1) is 13.9. The molecule has 0 saturated carbocycles. The Kier molecular flexibility index (Phi) is 3.11. The van der Waals surface area contributed by atoms with Crippen molar-refractivity contribution in [3.63, 3.8) is 0 Å². The molecule has 1 fully saturated rings. The Bertz CT molecular complexity index is 588. The van der Waals surface area contributed by atoms with E-state index in [1.165, 1.54) is 0 Å². The van der Waals surface area contributed by atoms with Gasteiger partial charge in [-0.05, 0) is 32.4 Å². The van der Waals surface area contributed by atoms with E-state index < -0.39 is 5.60 Å². The molecule has 0 aliphatic carbocycles. The van der Waals surface area contributed by atoms with Crippen LogP contribution in [0, 0.1) is 5.92 Å². The highest BCUT2D eigenvalue weighted by Crippen LogP contribution is 2.40. The molecule has 6 nitrogen and oxygen atoms in total. The fourth-order valence-corrected chi connectivity index (χ4v) is 2.80. The molecule has 2 aliphatic heterocycles. The van der Waals surface area contributed by atoms with Crippen LogP contribution in [0.4, 0.5) is 10.5 Å². The number of amides is 2. The minimum Gasteiger partial charge on any atom is -0.444 e. The van der Waals surface area contributed by atoms with E-state index in [-0.39, 0.29) is 23.8 Å². The van der Waals surface area contributed by atoms with Gasteiger partial charge in [-0.25, -0.2) is 4.79 Å². The van der Waals surface area contributed by atoms with Gasteiger partial charge < -0.3 is 15.0 Å². The molecule has 1 atom stereocenters. The predicted octanol–water partition coefficient (Wildman–Crippen LogP) is 1.98. The molecule has 1 unspecified atom stereocenters. The fourth-order valence-electron chi connectivity index (χ4n) is 2.80. The molecule has 6 heteroatoms. The van der Waals surface area contributed by atoms with Crippen molar-refractivity contribution in [2.24, 2.45) is 5.92 Å². The maximum atomic E-state index is 12.1. The second-order valence-electron chi connectivity index (χ2n) is 6.58. The second kappa shape index (κ2) is 4.72. The summed E-state index contributed by atoms with van der Waals surface area (Å²) in [5.41, 5.74) is 1.26. The van der Waals surface area contributed by atoms with Gasteiger partial charge in [-0.3, -0.25) is 9.78 Å². The molecule has 21 heavy (non-hydrogen) atoms. The standard InChI is InChI=1S/C15H19N3O3/c1-15(2,3)21-14(20)18-7-9(8-18)12-10-4-5-16-6-11(10)17-13(12)19/h4-6,9,12H,7-8H2,1-3H3,(H,17,19). The normalized spacial score (nSPS) is 21.6. The molecule has 1 N–H and O–H groups in total. The van der Waals surface area contributed by atoms with Crippen LogP contribution >= 0.6 is 0 Å². The average molecular weight is 289 g/mol. The summed E-state index contributed by atoms with van der Waals surface area (Å²) in [5, 5.41) is 2.84. The lowest BCUT2D eigenvalue weighted by Gasteiger charge is -2.41. The quantitative estimate of drug-likeness (QED) is 0.858. The zero-order chi connectivity index (χ0) is 15.2. The number of nitrogens with zero attached hydrogens (tertiary/aromatic N) is 2. The summed E-state index contributed by atoms with van der Waals surface area (Å²) in [5.74, 6) is -0.0605. The highest BCUT2D eigenvalue weighted by atomic mass is 16.6. The first-order valence-corrected chi connectivity index (χ1v) is 7.08. The van der Waals surface area contributed by atoms with Crippen molar-refractivity contribution < 1.29 is 14.3 Å². The Hall–Kier alpha value is -2.11. The number of pyridine rings is 1. The molecule has 1 saturated heterocycles. The number of fused-ring (bicyclic) bond motifs is 1. The Morgan fingerprint density at radius 3 is 2.81 bits per heavy atom. The van der Waals surface area contributed by atoms with E-state index in [0.717, 1.165) is 11.3 Å². The van der Waals surface area contributed by atoms with Gasteiger partial charge in [0.05, 0.1) is 17.8 Å². The van der Waals surface area contributed by atoms with Crippen LogP contribution in [0.1, 0.15) is 32.3 Å². The maximum absolute atomic E-state index is 12.1. The lowest BCUT2D eigenvalue weighted by Crippen LogP contribution is -2.54. The molecule has 0 aromatic carbocycles. The zero-order valence-electron chi connectivity index (χ0n) is 12.4. The summed E-state index contributed by atoms with van der Waals surface area (Å²) in [4.78, 5) is 29.7. The molecule has 1 aromatic rings. The zero-order valence-corrected chi connectivity index (χ0v) is 12.4. The number of carbonyl (C=O) groups is 2. The lowest BCUT2D eigenvalue weighted by molar-refractivity contribution is -0.119. The van der Waals surface area contributed by atoms with E-state index in [0.29, 0.717) is 13.1 Å². The third-order valence-electron chi connectivity index (χ3n) is 3.76. The average Bonchev–Trinajstić information content (AvgIpc) is 2.62. The van der Waals surface area contributed by atoms with Gasteiger partial charge in [-0.1, -0.05) is 0 Å². The van der Waals surface area contributed by atoms with Crippen molar-refractivity contribution >= 4 is 17.7 Å². The molecule has 3 rings (SSSR count). The number of anilines is 1. The first-order valence-electron chi connectivity index (χ1n) is 7.08. The van der Waals surface area contributed by atoms with Gasteiger partial charge in [0.1, 0.15) is 5.60 Å². The molecule has 0 radical (unpaired) electrons. The van der Waals surface area contributed by atoms with Gasteiger partial charge in [-0.15, -0.1) is 0 Å². The van der Waals surface area contributed by atoms with Crippen molar-refractivity contribution in [3.05, 3.63) is 24.0 Å². The van der Waals surface area contributed by atoms with Gasteiger partial charge >= 0.3 is 6.09 Å². The van der Waals surface area contributed by atoms with Crippen LogP contribution in [0.3, 0.4) is 0 Å². The van der Waals surface area contributed by atoms with E-state index in [2.05, 4.69) is 10.3 Å². The van der Waals surface area contributed by atoms with Gasteiger partial charge in [0.15, 0.2) is 0 Å². The Morgan fingerprint density at radius 2 is 2.14 bits per heavy atom. The van der Waals surface area contributed by atoms with E-state index >= 15 is 0 Å². The number of rotatable bonds is 1. The summed E-state index contributed by atoms with van der Waals surface area (Å²) in [6.45, 7) is 6.63. The van der Waals surface area contributed by atoms with Crippen LogP contribution in [0.5, 0.6) is 0 Å². The number of carbonyl (C=O) groups excluding carboxylic acids is 2. The Balaban J connectivity index is 1.65. The van der Waals surface area contributed by atoms with E-state index in [4.69, 9.17) is 4.74 Å². The minimum atomic E-state index is -0.495. The van der Waals surface area contributed by atoms with Crippen molar-refractivity contribution in [1.82, 2.24) is 9.88 Å². The minimum absolute atomic E-state index is 0.00756. The summed E-state index contributed by atoms with van der Waals surface area (Å²) in [6.07, 6.45) is 3.04. The Morgan fingerprint density at radius 1 is 1.43 bits per heavy atom. The summed E-state index contributed by atoms with van der Waals surface area (Å²) >= 11 is 0. The van der Waals surface area contributed by atoms with Gasteiger partial charge in [0.25, 0.3) is 0 Å². The fraction of sp³-hybridized carbons (Fsp3) is 0.533. The van der Waals surface area contributed by atoms with Crippen molar-refractivity contribution in [2.45, 2.75) is 32.3 Å². The molecule has 112 valence electrons. The van der Waals surface area contributed by atoms with Crippen molar-refractivity contribution in [1.29, 1.82) is 0 Å². The first-order chi connectivity index (χ1) is 9.85. The third-order valence-corrected chi connectivity index (χ3v) is 3.76. The van der Waals surface area contributed by atoms with E-state index in [1.54, 1.807) is 17.3 Å². The molecule has 1 aromatic heterocycles. The molecular weight excluding hydrogens is 270 g/mol. The molecule has 2 aliphatic rings. The topological polar surface area (TPSA) is 71.5 Å². The highest BCUT2D eigenvalue weighted by molar-refractivity contribution is 6.03. The van der Waals surface area contributed by atoms with Gasteiger partial charge in [0, 0.05) is 25.2 Å². The largest absolute Gasteiger partial charge is 0.444 e. The number of hydrogen-bond donors (Lipinski definition) is 1. The van der Waals surface area contributed by atoms with Gasteiger partial charge in [0.2, 0.25) is 5.91 Å². The molecule has 0 bridgehead atoms. The number of aromatic nitrogens is 1. The van der Waals surface area contributed by atoms with Crippen molar-refractivity contribution in [2.75, 3.05) is 18.4 Å². The number of hydrogen-bond acceptors (Lipinski definition) is 4. The van der Waals surface area contributed by atoms with E-state index in [9.17, 15) is 9.59 Å². The Labute approximate surface area is 123 Å². The molecular formula is C15H19N3O3. The number of nitrogens with one attached hydrogen (secondary N) is 1. The lowest BCUT2D eigenvalue weighted by atomic mass is 9.82. The maximum Gasteiger partial charge on any atom is 0.410 e. The number of ether oxygens (including phenoxy) is 1. The summed E-state index contributed by atoms with van der Waals surface area (Å²) < 4.78 is 5.33. The smallest absolute Gasteiger partial charge is 0.410 e. The summed E-state index contributed by atoms with van der Waals surface area (Å²) in [6, 6.07) is 1.87. The van der Waals surface area contributed by atoms with Crippen LogP contribution < -0.4 is 5.32 Å². The highest BCUT2D eigenvalue weighted by Gasteiger charge is 2.45.